The summed E-state index contributed by atoms with van der Waals surface area (Å²) in [5.74, 6) is 0. The number of rotatable bonds is 0. The normalized spacial score (nSPS) is 2.35. The van der Waals surface area contributed by atoms with Crippen molar-refractivity contribution in [3.8, 4) is 0 Å². The van der Waals surface area contributed by atoms with E-state index in [4.69, 9.17) is 27.0 Å². The molecule has 0 aliphatic rings. The largest absolute Gasteiger partial charge is 1.00 e. The van der Waals surface area contributed by atoms with Crippen molar-refractivity contribution in [3.05, 3.63) is 27.0 Å². The number of isothiocyanates is 5. The maximum atomic E-state index is 7.13. The molecule has 0 amide bonds. The molecule has 0 atom stereocenters. The molecule has 0 saturated heterocycles. The molecule has 86 valence electrons. The van der Waals surface area contributed by atoms with Crippen molar-refractivity contribution in [1.82, 2.24) is 0 Å². The van der Waals surface area contributed by atoms with Gasteiger partial charge in [-0.3, -0.25) is 0 Å². The van der Waals surface area contributed by atoms with Gasteiger partial charge in [0.05, 0.1) is 0 Å². The Balaban J connectivity index is -0.0000000143. The molecule has 0 spiro atoms. The van der Waals surface area contributed by atoms with E-state index >= 15 is 0 Å². The van der Waals surface area contributed by atoms with Crippen LogP contribution >= 0.6 is 61.1 Å². The van der Waals surface area contributed by atoms with E-state index in [1.165, 1.54) is 25.8 Å². The second-order valence-electron chi connectivity index (χ2n) is 0.456. The molecule has 0 aliphatic heterocycles. The Morgan fingerprint density at radius 3 is 0.471 bits per heavy atom. The molecule has 0 rings (SSSR count). The Hall–Kier alpha value is 1.32. The molecular formula is C5KN5S5W-4. The monoisotopic (exact) mass is 513 g/mol. The molecule has 0 fully saturated rings. The van der Waals surface area contributed by atoms with E-state index in [0.717, 1.165) is 0 Å². The average Bonchev–Trinajstić information content (AvgIpc) is 2.09. The van der Waals surface area contributed by atoms with Crippen molar-refractivity contribution in [1.29, 1.82) is 0 Å². The summed E-state index contributed by atoms with van der Waals surface area (Å²) in [4.78, 5) is 0. The van der Waals surface area contributed by atoms with Gasteiger partial charge in [-0.15, -0.1) is 0 Å². The van der Waals surface area contributed by atoms with E-state index in [9.17, 15) is 0 Å². The van der Waals surface area contributed by atoms with Crippen LogP contribution in [0.2, 0.25) is 0 Å². The molecule has 0 aliphatic carbocycles. The van der Waals surface area contributed by atoms with Crippen LogP contribution in [0.4, 0.5) is 0 Å². The summed E-state index contributed by atoms with van der Waals surface area (Å²) >= 11 is 18.5. The summed E-state index contributed by atoms with van der Waals surface area (Å²) < 4.78 is 0. The first-order chi connectivity index (χ1) is 7.07. The van der Waals surface area contributed by atoms with Crippen LogP contribution in [0.25, 0.3) is 27.0 Å². The molecule has 17 heavy (non-hydrogen) atoms. The van der Waals surface area contributed by atoms with Crippen LogP contribution in [0, 0.1) is 0 Å². The molecule has 0 saturated carbocycles. The van der Waals surface area contributed by atoms with Crippen molar-refractivity contribution >= 4 is 86.9 Å². The summed E-state index contributed by atoms with van der Waals surface area (Å²) in [5, 5.41) is 42.3. The van der Waals surface area contributed by atoms with Crippen LogP contribution in [0.15, 0.2) is 0 Å². The summed E-state index contributed by atoms with van der Waals surface area (Å²) in [7, 11) is 0. The second kappa shape index (κ2) is 115. The Labute approximate surface area is 183 Å². The summed E-state index contributed by atoms with van der Waals surface area (Å²) in [6, 6.07) is 0. The Bertz CT molecular complexity index is 209. The SMILES string of the molecule is [K+].[N-]=C=S.[N-]=C=S.[N-]=C=S.[N-]=C=S.[N-]=C=S.[W]. The van der Waals surface area contributed by atoms with E-state index in [2.05, 4.69) is 61.1 Å². The Morgan fingerprint density at radius 2 is 0.471 bits per heavy atom. The van der Waals surface area contributed by atoms with Gasteiger partial charge in [0.15, 0.2) is 0 Å². The topological polar surface area (TPSA) is 112 Å². The van der Waals surface area contributed by atoms with Crippen LogP contribution in [0.1, 0.15) is 0 Å². The van der Waals surface area contributed by atoms with Gasteiger partial charge in [0.25, 0.3) is 0 Å². The minimum atomic E-state index is 0. The molecule has 12 heteroatoms. The van der Waals surface area contributed by atoms with Gasteiger partial charge in [-0.2, -0.15) is 25.8 Å². The van der Waals surface area contributed by atoms with Crippen LogP contribution < -0.4 is 51.4 Å². The fraction of sp³-hybridized carbons (Fsp3) is 0. The predicted molar refractivity (Wildman–Crippen MR) is 79.8 cm³/mol. The minimum absolute atomic E-state index is 0. The molecule has 0 unspecified atom stereocenters. The zero-order valence-corrected chi connectivity index (χ0v) is 18.3. The van der Waals surface area contributed by atoms with Crippen LogP contribution in [0.5, 0.6) is 0 Å². The Morgan fingerprint density at radius 1 is 0.471 bits per heavy atom. The number of hydrogen-bond donors (Lipinski definition) is 0. The third kappa shape index (κ3) is 2320. The molecule has 0 aromatic rings. The second-order valence-corrected chi connectivity index (χ2v) is 1.37. The van der Waals surface area contributed by atoms with Gasteiger partial charge in [-0.1, -0.05) is 61.1 Å². The standard InChI is InChI=1S/5CNS.K.W/c5*2-1-3;;/q5*-1;+1;. The summed E-state index contributed by atoms with van der Waals surface area (Å²) in [6.45, 7) is 0. The zero-order valence-electron chi connectivity index (χ0n) is 8.19. The van der Waals surface area contributed by atoms with E-state index in [1.807, 2.05) is 0 Å². The van der Waals surface area contributed by atoms with Crippen LogP contribution in [-0.2, 0) is 21.1 Å². The van der Waals surface area contributed by atoms with Gasteiger partial charge < -0.3 is 27.0 Å². The fourth-order valence-electron chi connectivity index (χ4n) is 0. The average molecular weight is 513 g/mol. The van der Waals surface area contributed by atoms with E-state index in [-0.39, 0.29) is 72.4 Å². The zero-order chi connectivity index (χ0) is 13.5. The third-order valence-electron chi connectivity index (χ3n) is 0. The van der Waals surface area contributed by atoms with Crippen molar-refractivity contribution in [2.45, 2.75) is 0 Å². The number of hydrogen-bond acceptors (Lipinski definition) is 5. The first-order valence-electron chi connectivity index (χ1n) is 2.14. The van der Waals surface area contributed by atoms with Gasteiger partial charge in [0.2, 0.25) is 0 Å². The van der Waals surface area contributed by atoms with Crippen LogP contribution in [0.3, 0.4) is 0 Å². The summed E-state index contributed by atoms with van der Waals surface area (Å²) in [6.07, 6.45) is 0. The maximum absolute atomic E-state index is 7.13. The number of nitrogens with zero attached hydrogens (tertiary/aromatic N) is 5. The van der Waals surface area contributed by atoms with E-state index in [0.29, 0.717) is 0 Å². The molecule has 0 N–H and O–H groups in total. The minimum Gasteiger partial charge on any atom is -0.753 e. The van der Waals surface area contributed by atoms with E-state index < -0.39 is 0 Å². The van der Waals surface area contributed by atoms with Crippen molar-refractivity contribution in [3.63, 3.8) is 0 Å². The molecule has 0 heterocycles. The molecule has 0 radical (unpaired) electrons. The third-order valence-corrected chi connectivity index (χ3v) is 0. The smallest absolute Gasteiger partial charge is 0.753 e. The first-order valence-corrected chi connectivity index (χ1v) is 4.18. The molecular weight excluding hydrogens is 513 g/mol. The van der Waals surface area contributed by atoms with Gasteiger partial charge in [0, 0.05) is 21.1 Å². The van der Waals surface area contributed by atoms with Gasteiger partial charge in [-0.05, 0) is 0 Å². The Kier molecular flexibility index (Phi) is 291. The van der Waals surface area contributed by atoms with Crippen molar-refractivity contribution in [2.75, 3.05) is 0 Å². The van der Waals surface area contributed by atoms with Crippen LogP contribution in [-0.4, -0.2) is 25.8 Å². The van der Waals surface area contributed by atoms with Gasteiger partial charge >= 0.3 is 51.4 Å². The van der Waals surface area contributed by atoms with E-state index in [1.54, 1.807) is 0 Å². The predicted octanol–water partition coefficient (Wildman–Crippen LogP) is 0.294. The molecule has 0 aromatic heterocycles. The molecule has 5 nitrogen and oxygen atoms in total. The molecule has 0 bridgehead atoms. The maximum Gasteiger partial charge on any atom is 1.00 e. The van der Waals surface area contributed by atoms with Gasteiger partial charge in [-0.25, -0.2) is 0 Å². The summed E-state index contributed by atoms with van der Waals surface area (Å²) in [5.41, 5.74) is 0. The number of thiocarbonyl (C=S) groups is 5. The van der Waals surface area contributed by atoms with Crippen molar-refractivity contribution < 1.29 is 72.4 Å². The van der Waals surface area contributed by atoms with Crippen molar-refractivity contribution in [2.24, 2.45) is 0 Å². The quantitative estimate of drug-likeness (QED) is 0.263. The first kappa shape index (κ1) is 42.9. The fourth-order valence-corrected chi connectivity index (χ4v) is 0. The molecule has 0 aromatic carbocycles. The van der Waals surface area contributed by atoms with Gasteiger partial charge in [0.1, 0.15) is 0 Å².